The molecular weight excluding hydrogens is 420 g/mol. The van der Waals surface area contributed by atoms with Crippen molar-refractivity contribution in [2.45, 2.75) is 18.9 Å². The standard InChI is InChI=1S/C22H23ClN4O4/c1-29-18-7-6-15(13-19(18)30-2)21(28)27-10-8-17(9-11-27)24-22-25-20(26-31-22)14-4-3-5-16(23)12-14/h3-7,12-13,17H,8-11H2,1-2H3,(H,24,25,26). The van der Waals surface area contributed by atoms with Gasteiger partial charge in [-0.1, -0.05) is 28.9 Å². The van der Waals surface area contributed by atoms with E-state index in [1.54, 1.807) is 44.6 Å². The maximum atomic E-state index is 12.9. The van der Waals surface area contributed by atoms with Crippen LogP contribution in [0.2, 0.25) is 5.02 Å². The first kappa shape index (κ1) is 21.0. The van der Waals surface area contributed by atoms with E-state index in [0.717, 1.165) is 18.4 Å². The lowest BCUT2D eigenvalue weighted by Gasteiger charge is -2.32. The number of carbonyl (C=O) groups excluding carboxylic acids is 1. The minimum Gasteiger partial charge on any atom is -0.493 e. The van der Waals surface area contributed by atoms with Gasteiger partial charge >= 0.3 is 6.01 Å². The van der Waals surface area contributed by atoms with E-state index in [-0.39, 0.29) is 11.9 Å². The molecule has 1 saturated heterocycles. The average Bonchev–Trinajstić information content (AvgIpc) is 3.27. The molecule has 162 valence electrons. The highest BCUT2D eigenvalue weighted by atomic mass is 35.5. The van der Waals surface area contributed by atoms with Gasteiger partial charge in [0.1, 0.15) is 0 Å². The molecule has 8 nitrogen and oxygen atoms in total. The average molecular weight is 443 g/mol. The molecule has 1 amide bonds. The number of aromatic nitrogens is 2. The third kappa shape index (κ3) is 4.74. The lowest BCUT2D eigenvalue weighted by molar-refractivity contribution is 0.0717. The van der Waals surface area contributed by atoms with Crippen LogP contribution in [0.5, 0.6) is 11.5 Å². The second-order valence-corrected chi connectivity index (χ2v) is 7.65. The number of nitrogens with one attached hydrogen (secondary N) is 1. The summed E-state index contributed by atoms with van der Waals surface area (Å²) in [4.78, 5) is 19.1. The SMILES string of the molecule is COc1ccc(C(=O)N2CCC(Nc3nc(-c4cccc(Cl)c4)no3)CC2)cc1OC. The van der Waals surface area contributed by atoms with Gasteiger partial charge in [0.15, 0.2) is 11.5 Å². The van der Waals surface area contributed by atoms with Gasteiger partial charge in [-0.15, -0.1) is 0 Å². The molecule has 3 aromatic rings. The van der Waals surface area contributed by atoms with Crippen LogP contribution >= 0.6 is 11.6 Å². The van der Waals surface area contributed by atoms with Crippen molar-refractivity contribution in [3.63, 3.8) is 0 Å². The predicted octanol–water partition coefficient (Wildman–Crippen LogP) is 4.12. The monoisotopic (exact) mass is 442 g/mol. The van der Waals surface area contributed by atoms with Gasteiger partial charge in [-0.2, -0.15) is 4.98 Å². The molecule has 1 aromatic heterocycles. The first-order valence-electron chi connectivity index (χ1n) is 9.95. The van der Waals surface area contributed by atoms with E-state index in [0.29, 0.717) is 47.0 Å². The number of likely N-dealkylation sites (tertiary alicyclic amines) is 1. The number of carbonyl (C=O) groups is 1. The van der Waals surface area contributed by atoms with Gasteiger partial charge in [-0.25, -0.2) is 0 Å². The molecule has 0 spiro atoms. The molecule has 0 radical (unpaired) electrons. The molecule has 1 N–H and O–H groups in total. The number of nitrogens with zero attached hydrogens (tertiary/aromatic N) is 3. The minimum atomic E-state index is -0.0274. The molecular formula is C22H23ClN4O4. The fraction of sp³-hybridized carbons (Fsp3) is 0.318. The Morgan fingerprint density at radius 3 is 2.61 bits per heavy atom. The first-order valence-corrected chi connectivity index (χ1v) is 10.3. The predicted molar refractivity (Wildman–Crippen MR) is 117 cm³/mol. The Kier molecular flexibility index (Phi) is 6.27. The summed E-state index contributed by atoms with van der Waals surface area (Å²) >= 11 is 6.03. The fourth-order valence-corrected chi connectivity index (χ4v) is 3.77. The van der Waals surface area contributed by atoms with Crippen molar-refractivity contribution in [1.82, 2.24) is 15.0 Å². The number of benzene rings is 2. The number of methoxy groups -OCH3 is 2. The third-order valence-corrected chi connectivity index (χ3v) is 5.48. The van der Waals surface area contributed by atoms with E-state index < -0.39 is 0 Å². The number of anilines is 1. The van der Waals surface area contributed by atoms with Crippen LogP contribution in [0.15, 0.2) is 47.0 Å². The van der Waals surface area contributed by atoms with Crippen LogP contribution in [0.25, 0.3) is 11.4 Å². The molecule has 2 heterocycles. The lowest BCUT2D eigenvalue weighted by Crippen LogP contribution is -2.42. The van der Waals surface area contributed by atoms with Crippen molar-refractivity contribution in [1.29, 1.82) is 0 Å². The van der Waals surface area contributed by atoms with Crippen molar-refractivity contribution in [3.8, 4) is 22.9 Å². The molecule has 1 fully saturated rings. The van der Waals surface area contributed by atoms with Crippen LogP contribution in [0.1, 0.15) is 23.2 Å². The van der Waals surface area contributed by atoms with Crippen molar-refractivity contribution < 1.29 is 18.8 Å². The first-order chi connectivity index (χ1) is 15.1. The summed E-state index contributed by atoms with van der Waals surface area (Å²) in [5.41, 5.74) is 1.37. The Morgan fingerprint density at radius 1 is 1.13 bits per heavy atom. The summed E-state index contributed by atoms with van der Waals surface area (Å²) in [7, 11) is 3.12. The van der Waals surface area contributed by atoms with E-state index in [1.165, 1.54) is 0 Å². The van der Waals surface area contributed by atoms with Gasteiger partial charge in [-0.05, 0) is 43.2 Å². The second-order valence-electron chi connectivity index (χ2n) is 7.21. The van der Waals surface area contributed by atoms with E-state index in [2.05, 4.69) is 15.5 Å². The van der Waals surface area contributed by atoms with Crippen LogP contribution in [-0.4, -0.2) is 54.3 Å². The maximum Gasteiger partial charge on any atom is 0.322 e. The highest BCUT2D eigenvalue weighted by Crippen LogP contribution is 2.29. The molecule has 0 saturated carbocycles. The van der Waals surface area contributed by atoms with Crippen LogP contribution in [0.3, 0.4) is 0 Å². The van der Waals surface area contributed by atoms with Gasteiger partial charge in [0.25, 0.3) is 5.91 Å². The Bertz CT molecular complexity index is 1060. The summed E-state index contributed by atoms with van der Waals surface area (Å²) < 4.78 is 15.9. The second kappa shape index (κ2) is 9.26. The zero-order valence-corrected chi connectivity index (χ0v) is 18.1. The molecule has 1 aliphatic rings. The summed E-state index contributed by atoms with van der Waals surface area (Å²) in [5.74, 6) is 1.59. The van der Waals surface area contributed by atoms with Crippen molar-refractivity contribution in [2.24, 2.45) is 0 Å². The summed E-state index contributed by atoms with van der Waals surface area (Å²) in [6, 6.07) is 13.0. The van der Waals surface area contributed by atoms with E-state index in [4.69, 9.17) is 25.6 Å². The zero-order valence-electron chi connectivity index (χ0n) is 17.3. The number of rotatable bonds is 6. The van der Waals surface area contributed by atoms with Crippen LogP contribution < -0.4 is 14.8 Å². The Labute approximate surface area is 185 Å². The fourth-order valence-electron chi connectivity index (χ4n) is 3.58. The molecule has 31 heavy (non-hydrogen) atoms. The van der Waals surface area contributed by atoms with Crippen molar-refractivity contribution in [3.05, 3.63) is 53.1 Å². The summed E-state index contributed by atoms with van der Waals surface area (Å²) in [5, 5.41) is 7.90. The van der Waals surface area contributed by atoms with Gasteiger partial charge in [0.2, 0.25) is 5.82 Å². The number of hydrogen-bond donors (Lipinski definition) is 1. The Morgan fingerprint density at radius 2 is 1.90 bits per heavy atom. The van der Waals surface area contributed by atoms with E-state index in [1.807, 2.05) is 17.0 Å². The lowest BCUT2D eigenvalue weighted by atomic mass is 10.0. The van der Waals surface area contributed by atoms with Crippen molar-refractivity contribution >= 4 is 23.5 Å². The third-order valence-electron chi connectivity index (χ3n) is 5.25. The van der Waals surface area contributed by atoms with Crippen LogP contribution in [0.4, 0.5) is 6.01 Å². The maximum absolute atomic E-state index is 12.9. The zero-order chi connectivity index (χ0) is 21.8. The smallest absolute Gasteiger partial charge is 0.322 e. The number of ether oxygens (including phenoxy) is 2. The normalized spacial score (nSPS) is 14.4. The molecule has 0 unspecified atom stereocenters. The molecule has 0 atom stereocenters. The van der Waals surface area contributed by atoms with Gasteiger partial charge in [0, 0.05) is 35.3 Å². The topological polar surface area (TPSA) is 89.7 Å². The Balaban J connectivity index is 1.34. The quantitative estimate of drug-likeness (QED) is 0.614. The van der Waals surface area contributed by atoms with Crippen molar-refractivity contribution in [2.75, 3.05) is 32.6 Å². The summed E-state index contributed by atoms with van der Waals surface area (Å²) in [6.45, 7) is 1.25. The van der Waals surface area contributed by atoms with E-state index in [9.17, 15) is 4.79 Å². The summed E-state index contributed by atoms with van der Waals surface area (Å²) in [6.07, 6.45) is 1.54. The van der Waals surface area contributed by atoms with Crippen LogP contribution in [-0.2, 0) is 0 Å². The molecule has 4 rings (SSSR count). The number of amides is 1. The number of piperidine rings is 1. The van der Waals surface area contributed by atoms with Gasteiger partial charge in [0.05, 0.1) is 14.2 Å². The van der Waals surface area contributed by atoms with Gasteiger partial charge in [-0.3, -0.25) is 4.79 Å². The minimum absolute atomic E-state index is 0.0274. The number of hydrogen-bond acceptors (Lipinski definition) is 7. The highest BCUT2D eigenvalue weighted by Gasteiger charge is 2.25. The molecule has 0 bridgehead atoms. The van der Waals surface area contributed by atoms with E-state index >= 15 is 0 Å². The molecule has 1 aliphatic heterocycles. The molecule has 2 aromatic carbocycles. The number of halogens is 1. The largest absolute Gasteiger partial charge is 0.493 e. The molecule has 0 aliphatic carbocycles. The molecule has 9 heteroatoms. The Hall–Kier alpha value is -3.26. The van der Waals surface area contributed by atoms with Gasteiger partial charge < -0.3 is 24.2 Å². The van der Waals surface area contributed by atoms with Crippen LogP contribution in [0, 0.1) is 0 Å². The highest BCUT2D eigenvalue weighted by molar-refractivity contribution is 6.30.